The van der Waals surface area contributed by atoms with E-state index in [0.29, 0.717) is 6.54 Å². The van der Waals surface area contributed by atoms with Crippen LogP contribution < -0.4 is 0 Å². The molecule has 0 N–H and O–H groups in total. The zero-order valence-electron chi connectivity index (χ0n) is 10.7. The van der Waals surface area contributed by atoms with Gasteiger partial charge in [-0.3, -0.25) is 4.79 Å². The van der Waals surface area contributed by atoms with Gasteiger partial charge in [-0.15, -0.1) is 0 Å². The summed E-state index contributed by atoms with van der Waals surface area (Å²) in [6.07, 6.45) is 4.31. The van der Waals surface area contributed by atoms with Gasteiger partial charge in [0.1, 0.15) is 6.54 Å². The lowest BCUT2D eigenvalue weighted by atomic mass is 10.2. The first-order valence-electron chi connectivity index (χ1n) is 6.57. The molecule has 1 aliphatic rings. The Labute approximate surface area is 107 Å². The first-order valence-corrected chi connectivity index (χ1v) is 6.57. The minimum absolute atomic E-state index is 0.242. The van der Waals surface area contributed by atoms with Gasteiger partial charge in [-0.05, 0) is 42.8 Å². The molecule has 2 heterocycles. The zero-order chi connectivity index (χ0) is 12.5. The van der Waals surface area contributed by atoms with Crippen LogP contribution in [0.15, 0.2) is 30.5 Å². The topological polar surface area (TPSA) is 25.2 Å². The molecule has 1 saturated heterocycles. The van der Waals surface area contributed by atoms with Crippen LogP contribution in [-0.2, 0) is 11.3 Å². The lowest BCUT2D eigenvalue weighted by molar-refractivity contribution is -0.130. The molecule has 1 fully saturated rings. The van der Waals surface area contributed by atoms with Crippen molar-refractivity contribution in [1.82, 2.24) is 9.47 Å². The Kier molecular flexibility index (Phi) is 2.82. The summed E-state index contributed by atoms with van der Waals surface area (Å²) in [4.78, 5) is 14.1. The summed E-state index contributed by atoms with van der Waals surface area (Å²) in [5.74, 6) is 0.242. The summed E-state index contributed by atoms with van der Waals surface area (Å²) >= 11 is 0. The van der Waals surface area contributed by atoms with Gasteiger partial charge in [0.25, 0.3) is 0 Å². The van der Waals surface area contributed by atoms with Crippen molar-refractivity contribution in [3.63, 3.8) is 0 Å². The third kappa shape index (κ3) is 2.01. The van der Waals surface area contributed by atoms with E-state index in [2.05, 4.69) is 35.8 Å². The van der Waals surface area contributed by atoms with Crippen LogP contribution in [0.3, 0.4) is 0 Å². The molecule has 1 aromatic carbocycles. The Bertz CT molecular complexity index is 579. The summed E-state index contributed by atoms with van der Waals surface area (Å²) in [5.41, 5.74) is 2.39. The molecule has 3 nitrogen and oxygen atoms in total. The van der Waals surface area contributed by atoms with Crippen molar-refractivity contribution in [3.8, 4) is 0 Å². The average molecular weight is 242 g/mol. The van der Waals surface area contributed by atoms with Crippen LogP contribution in [0.1, 0.15) is 18.4 Å². The SMILES string of the molecule is Cc1ccc2ccn(CC(=O)N3CCCC3)c2c1. The van der Waals surface area contributed by atoms with Gasteiger partial charge in [-0.25, -0.2) is 0 Å². The number of carbonyl (C=O) groups is 1. The number of nitrogens with zero attached hydrogens (tertiary/aromatic N) is 2. The largest absolute Gasteiger partial charge is 0.341 e. The smallest absolute Gasteiger partial charge is 0.242 e. The second-order valence-electron chi connectivity index (χ2n) is 5.09. The van der Waals surface area contributed by atoms with Crippen molar-refractivity contribution in [2.24, 2.45) is 0 Å². The predicted molar refractivity (Wildman–Crippen MR) is 72.5 cm³/mol. The van der Waals surface area contributed by atoms with Crippen molar-refractivity contribution >= 4 is 16.8 Å². The second kappa shape index (κ2) is 4.48. The highest BCUT2D eigenvalue weighted by atomic mass is 16.2. The van der Waals surface area contributed by atoms with E-state index < -0.39 is 0 Å². The maximum Gasteiger partial charge on any atom is 0.242 e. The molecule has 1 aromatic heterocycles. The van der Waals surface area contributed by atoms with Crippen LogP contribution in [-0.4, -0.2) is 28.5 Å². The minimum atomic E-state index is 0.242. The number of rotatable bonds is 2. The molecular weight excluding hydrogens is 224 g/mol. The van der Waals surface area contributed by atoms with Crippen LogP contribution in [0.4, 0.5) is 0 Å². The van der Waals surface area contributed by atoms with Crippen LogP contribution in [0.25, 0.3) is 10.9 Å². The van der Waals surface area contributed by atoms with Gasteiger partial charge < -0.3 is 9.47 Å². The molecule has 0 spiro atoms. The Morgan fingerprint density at radius 1 is 1.22 bits per heavy atom. The Hall–Kier alpha value is -1.77. The van der Waals surface area contributed by atoms with Crippen molar-refractivity contribution < 1.29 is 4.79 Å². The summed E-state index contributed by atoms with van der Waals surface area (Å²) in [5, 5.41) is 1.20. The van der Waals surface area contributed by atoms with E-state index in [1.807, 2.05) is 11.1 Å². The van der Waals surface area contributed by atoms with E-state index in [1.165, 1.54) is 10.9 Å². The summed E-state index contributed by atoms with van der Waals surface area (Å²) in [7, 11) is 0. The van der Waals surface area contributed by atoms with Gasteiger partial charge in [-0.1, -0.05) is 12.1 Å². The van der Waals surface area contributed by atoms with Crippen molar-refractivity contribution in [3.05, 3.63) is 36.0 Å². The highest BCUT2D eigenvalue weighted by molar-refractivity contribution is 5.83. The molecule has 0 saturated carbocycles. The number of likely N-dealkylation sites (tertiary alicyclic amines) is 1. The zero-order valence-corrected chi connectivity index (χ0v) is 10.7. The van der Waals surface area contributed by atoms with Crippen molar-refractivity contribution in [1.29, 1.82) is 0 Å². The molecule has 1 amide bonds. The average Bonchev–Trinajstić information content (AvgIpc) is 2.99. The molecule has 0 bridgehead atoms. The molecule has 0 radical (unpaired) electrons. The lowest BCUT2D eigenvalue weighted by Crippen LogP contribution is -2.30. The normalized spacial score (nSPS) is 15.5. The fourth-order valence-corrected chi connectivity index (χ4v) is 2.64. The number of fused-ring (bicyclic) bond motifs is 1. The van der Waals surface area contributed by atoms with Crippen LogP contribution >= 0.6 is 0 Å². The molecule has 1 aliphatic heterocycles. The van der Waals surface area contributed by atoms with Gasteiger partial charge in [0.05, 0.1) is 0 Å². The quantitative estimate of drug-likeness (QED) is 0.794. The molecule has 2 aromatic rings. The molecule has 3 rings (SSSR count). The number of aromatic nitrogens is 1. The van der Waals surface area contributed by atoms with Gasteiger partial charge in [0.15, 0.2) is 0 Å². The van der Waals surface area contributed by atoms with E-state index in [1.54, 1.807) is 0 Å². The van der Waals surface area contributed by atoms with E-state index in [9.17, 15) is 4.79 Å². The monoisotopic (exact) mass is 242 g/mol. The van der Waals surface area contributed by atoms with E-state index in [-0.39, 0.29) is 5.91 Å². The molecule has 94 valence electrons. The number of hydrogen-bond acceptors (Lipinski definition) is 1. The van der Waals surface area contributed by atoms with E-state index in [0.717, 1.165) is 31.4 Å². The van der Waals surface area contributed by atoms with Crippen LogP contribution in [0, 0.1) is 6.92 Å². The van der Waals surface area contributed by atoms with Gasteiger partial charge >= 0.3 is 0 Å². The van der Waals surface area contributed by atoms with Crippen LogP contribution in [0.5, 0.6) is 0 Å². The van der Waals surface area contributed by atoms with Gasteiger partial charge in [-0.2, -0.15) is 0 Å². The van der Waals surface area contributed by atoms with Crippen molar-refractivity contribution in [2.75, 3.05) is 13.1 Å². The third-order valence-electron chi connectivity index (χ3n) is 3.69. The first-order chi connectivity index (χ1) is 8.74. The fraction of sp³-hybridized carbons (Fsp3) is 0.400. The summed E-state index contributed by atoms with van der Waals surface area (Å²) in [6, 6.07) is 8.44. The van der Waals surface area contributed by atoms with E-state index in [4.69, 9.17) is 0 Å². The third-order valence-corrected chi connectivity index (χ3v) is 3.69. The molecular formula is C15H18N2O. The molecule has 18 heavy (non-hydrogen) atoms. The highest BCUT2D eigenvalue weighted by Crippen LogP contribution is 2.18. The fourth-order valence-electron chi connectivity index (χ4n) is 2.64. The van der Waals surface area contributed by atoms with Gasteiger partial charge in [0, 0.05) is 24.8 Å². The van der Waals surface area contributed by atoms with Gasteiger partial charge in [0.2, 0.25) is 5.91 Å². The summed E-state index contributed by atoms with van der Waals surface area (Å²) < 4.78 is 2.06. The minimum Gasteiger partial charge on any atom is -0.341 e. The highest BCUT2D eigenvalue weighted by Gasteiger charge is 2.18. The maximum absolute atomic E-state index is 12.1. The molecule has 0 atom stereocenters. The van der Waals surface area contributed by atoms with Crippen LogP contribution in [0.2, 0.25) is 0 Å². The first kappa shape index (κ1) is 11.3. The Balaban J connectivity index is 1.85. The molecule has 3 heteroatoms. The predicted octanol–water partition coefficient (Wildman–Crippen LogP) is 2.57. The summed E-state index contributed by atoms with van der Waals surface area (Å²) in [6.45, 7) is 4.40. The number of hydrogen-bond donors (Lipinski definition) is 0. The molecule has 0 aliphatic carbocycles. The molecule has 0 unspecified atom stereocenters. The Morgan fingerprint density at radius 2 is 2.00 bits per heavy atom. The lowest BCUT2D eigenvalue weighted by Gasteiger charge is -2.16. The maximum atomic E-state index is 12.1. The standard InChI is InChI=1S/C15H18N2O/c1-12-4-5-13-6-9-17(14(13)10-12)11-15(18)16-7-2-3-8-16/h4-6,9-10H,2-3,7-8,11H2,1H3. The number of amides is 1. The second-order valence-corrected chi connectivity index (χ2v) is 5.09. The van der Waals surface area contributed by atoms with E-state index >= 15 is 0 Å². The number of aryl methyl sites for hydroxylation is 1. The Morgan fingerprint density at radius 3 is 2.78 bits per heavy atom. The number of carbonyl (C=O) groups excluding carboxylic acids is 1. The number of benzene rings is 1. The van der Waals surface area contributed by atoms with Crippen molar-refractivity contribution in [2.45, 2.75) is 26.3 Å².